The lowest BCUT2D eigenvalue weighted by molar-refractivity contribution is -0.385. The summed E-state index contributed by atoms with van der Waals surface area (Å²) in [4.78, 5) is 27.3. The summed E-state index contributed by atoms with van der Waals surface area (Å²) in [5, 5.41) is 15.6. The third-order valence-electron chi connectivity index (χ3n) is 4.03. The number of nitro groups is 1. The van der Waals surface area contributed by atoms with Gasteiger partial charge in [-0.25, -0.2) is 4.98 Å². The van der Waals surface area contributed by atoms with Gasteiger partial charge in [-0.2, -0.15) is 0 Å². The number of benzene rings is 2. The van der Waals surface area contributed by atoms with E-state index in [0.29, 0.717) is 28.3 Å². The number of carbonyl (C=O) groups is 1. The number of anilines is 1. The molecule has 0 aliphatic carbocycles. The molecule has 1 N–H and O–H groups in total. The van der Waals surface area contributed by atoms with Gasteiger partial charge in [0, 0.05) is 17.0 Å². The molecule has 1 aromatic heterocycles. The SMILES string of the molecule is COc1cc(C(=O)Nc2cccc([N+](=O)[O-])c2C)ccc1OCc1cscn1. The standard InChI is InChI=1S/C19H17N3O5S/c1-12-15(4-3-5-16(12)22(24)25)21-19(23)13-6-7-17(18(8-13)26-2)27-9-14-10-28-11-20-14/h3-8,10-11H,9H2,1-2H3,(H,21,23). The Morgan fingerprint density at radius 2 is 2.11 bits per heavy atom. The van der Waals surface area contributed by atoms with Gasteiger partial charge in [-0.1, -0.05) is 6.07 Å². The van der Waals surface area contributed by atoms with Crippen LogP contribution in [0.5, 0.6) is 11.5 Å². The number of aromatic nitrogens is 1. The van der Waals surface area contributed by atoms with Crippen molar-refractivity contribution < 1.29 is 19.2 Å². The lowest BCUT2D eigenvalue weighted by atomic mass is 10.1. The first-order valence-electron chi connectivity index (χ1n) is 8.23. The fourth-order valence-electron chi connectivity index (χ4n) is 2.54. The van der Waals surface area contributed by atoms with Crippen molar-refractivity contribution in [3.8, 4) is 11.5 Å². The van der Waals surface area contributed by atoms with Gasteiger partial charge in [-0.05, 0) is 31.2 Å². The van der Waals surface area contributed by atoms with Crippen molar-refractivity contribution >= 4 is 28.6 Å². The van der Waals surface area contributed by atoms with E-state index in [1.165, 1.54) is 30.6 Å². The Labute approximate surface area is 164 Å². The van der Waals surface area contributed by atoms with E-state index < -0.39 is 10.8 Å². The molecule has 1 heterocycles. The minimum Gasteiger partial charge on any atom is -0.493 e. The van der Waals surface area contributed by atoms with Gasteiger partial charge < -0.3 is 14.8 Å². The molecule has 0 radical (unpaired) electrons. The van der Waals surface area contributed by atoms with Crippen LogP contribution >= 0.6 is 11.3 Å². The molecular formula is C19H17N3O5S. The minimum absolute atomic E-state index is 0.0545. The molecule has 1 amide bonds. The van der Waals surface area contributed by atoms with Gasteiger partial charge in [-0.15, -0.1) is 11.3 Å². The fraction of sp³-hybridized carbons (Fsp3) is 0.158. The molecule has 0 saturated heterocycles. The monoisotopic (exact) mass is 399 g/mol. The molecule has 28 heavy (non-hydrogen) atoms. The van der Waals surface area contributed by atoms with Crippen molar-refractivity contribution in [3.05, 3.63) is 74.2 Å². The summed E-state index contributed by atoms with van der Waals surface area (Å²) in [6.45, 7) is 1.88. The fourth-order valence-corrected chi connectivity index (χ4v) is 3.08. The van der Waals surface area contributed by atoms with E-state index in [2.05, 4.69) is 10.3 Å². The molecular weight excluding hydrogens is 382 g/mol. The highest BCUT2D eigenvalue weighted by atomic mass is 32.1. The molecule has 0 bridgehead atoms. The van der Waals surface area contributed by atoms with E-state index in [9.17, 15) is 14.9 Å². The lowest BCUT2D eigenvalue weighted by Crippen LogP contribution is -2.13. The number of nitrogens with zero attached hydrogens (tertiary/aromatic N) is 2. The number of hydrogen-bond acceptors (Lipinski definition) is 7. The highest BCUT2D eigenvalue weighted by molar-refractivity contribution is 7.07. The highest BCUT2D eigenvalue weighted by Gasteiger charge is 2.17. The molecule has 0 aliphatic rings. The zero-order chi connectivity index (χ0) is 20.1. The van der Waals surface area contributed by atoms with Gasteiger partial charge in [0.05, 0.1) is 34.5 Å². The quantitative estimate of drug-likeness (QED) is 0.472. The normalized spacial score (nSPS) is 10.4. The molecule has 0 spiro atoms. The molecule has 144 valence electrons. The summed E-state index contributed by atoms with van der Waals surface area (Å²) in [6.07, 6.45) is 0. The van der Waals surface area contributed by atoms with Crippen molar-refractivity contribution in [3.63, 3.8) is 0 Å². The van der Waals surface area contributed by atoms with E-state index in [1.807, 2.05) is 5.38 Å². The molecule has 0 unspecified atom stereocenters. The Bertz CT molecular complexity index is 1000. The molecule has 2 aromatic carbocycles. The summed E-state index contributed by atoms with van der Waals surface area (Å²) in [7, 11) is 1.48. The average molecular weight is 399 g/mol. The van der Waals surface area contributed by atoms with Crippen molar-refractivity contribution in [2.24, 2.45) is 0 Å². The summed E-state index contributed by atoms with van der Waals surface area (Å²) in [6, 6.07) is 9.32. The molecule has 3 rings (SSSR count). The number of methoxy groups -OCH3 is 1. The number of thiazole rings is 1. The smallest absolute Gasteiger partial charge is 0.274 e. The number of amides is 1. The Balaban J connectivity index is 1.77. The molecule has 8 nitrogen and oxygen atoms in total. The maximum Gasteiger partial charge on any atom is 0.274 e. The van der Waals surface area contributed by atoms with Crippen LogP contribution in [0.25, 0.3) is 0 Å². The summed E-state index contributed by atoms with van der Waals surface area (Å²) < 4.78 is 11.0. The number of nitrogens with one attached hydrogen (secondary N) is 1. The molecule has 0 fully saturated rings. The topological polar surface area (TPSA) is 104 Å². The second-order valence-corrected chi connectivity index (χ2v) is 6.51. The largest absolute Gasteiger partial charge is 0.493 e. The number of hydrogen-bond donors (Lipinski definition) is 1. The number of rotatable bonds is 7. The first-order chi connectivity index (χ1) is 13.5. The van der Waals surface area contributed by atoms with Crippen molar-refractivity contribution in [1.82, 2.24) is 4.98 Å². The third-order valence-corrected chi connectivity index (χ3v) is 4.67. The van der Waals surface area contributed by atoms with Gasteiger partial charge in [0.2, 0.25) is 0 Å². The Hall–Kier alpha value is -3.46. The van der Waals surface area contributed by atoms with Crippen LogP contribution in [0, 0.1) is 17.0 Å². The zero-order valence-electron chi connectivity index (χ0n) is 15.2. The van der Waals surface area contributed by atoms with Gasteiger partial charge in [0.15, 0.2) is 11.5 Å². The molecule has 3 aromatic rings. The van der Waals surface area contributed by atoms with E-state index >= 15 is 0 Å². The van der Waals surface area contributed by atoms with Gasteiger partial charge in [0.1, 0.15) is 6.61 Å². The maximum atomic E-state index is 12.6. The molecule has 0 aliphatic heterocycles. The van der Waals surface area contributed by atoms with Crippen molar-refractivity contribution in [2.75, 3.05) is 12.4 Å². The van der Waals surface area contributed by atoms with Crippen LogP contribution in [0.15, 0.2) is 47.3 Å². The zero-order valence-corrected chi connectivity index (χ0v) is 16.0. The van der Waals surface area contributed by atoms with E-state index in [4.69, 9.17) is 9.47 Å². The second kappa shape index (κ2) is 8.49. The third kappa shape index (κ3) is 4.26. The van der Waals surface area contributed by atoms with Crippen LogP contribution in [0.3, 0.4) is 0 Å². The van der Waals surface area contributed by atoms with Crippen LogP contribution < -0.4 is 14.8 Å². The molecule has 9 heteroatoms. The van der Waals surface area contributed by atoms with E-state index in [-0.39, 0.29) is 12.3 Å². The van der Waals surface area contributed by atoms with Gasteiger partial charge in [0.25, 0.3) is 11.6 Å². The predicted molar refractivity (Wildman–Crippen MR) is 105 cm³/mol. The summed E-state index contributed by atoms with van der Waals surface area (Å²) in [5.74, 6) is 0.477. The van der Waals surface area contributed by atoms with Crippen LogP contribution in [0.1, 0.15) is 21.6 Å². The molecule has 0 atom stereocenters. The summed E-state index contributed by atoms with van der Waals surface area (Å²) in [5.41, 5.74) is 3.57. The Morgan fingerprint density at radius 3 is 2.79 bits per heavy atom. The minimum atomic E-state index is -0.484. The van der Waals surface area contributed by atoms with Crippen LogP contribution in [-0.4, -0.2) is 22.9 Å². The Morgan fingerprint density at radius 1 is 1.29 bits per heavy atom. The second-order valence-electron chi connectivity index (χ2n) is 5.80. The van der Waals surface area contributed by atoms with Crippen LogP contribution in [0.2, 0.25) is 0 Å². The van der Waals surface area contributed by atoms with Gasteiger partial charge >= 0.3 is 0 Å². The number of ether oxygens (including phenoxy) is 2. The first-order valence-corrected chi connectivity index (χ1v) is 9.17. The average Bonchev–Trinajstić information content (AvgIpc) is 3.21. The Kier molecular flexibility index (Phi) is 5.85. The number of nitro benzene ring substituents is 1. The van der Waals surface area contributed by atoms with Crippen LogP contribution in [-0.2, 0) is 6.61 Å². The van der Waals surface area contributed by atoms with Crippen molar-refractivity contribution in [1.29, 1.82) is 0 Å². The first kappa shape index (κ1) is 19.3. The van der Waals surface area contributed by atoms with Crippen LogP contribution in [0.4, 0.5) is 11.4 Å². The van der Waals surface area contributed by atoms with E-state index in [1.54, 1.807) is 36.7 Å². The van der Waals surface area contributed by atoms with Crippen molar-refractivity contribution in [2.45, 2.75) is 13.5 Å². The summed E-state index contributed by atoms with van der Waals surface area (Å²) >= 11 is 1.48. The highest BCUT2D eigenvalue weighted by Crippen LogP contribution is 2.30. The number of carbonyl (C=O) groups excluding carboxylic acids is 1. The maximum absolute atomic E-state index is 12.6. The van der Waals surface area contributed by atoms with E-state index in [0.717, 1.165) is 5.69 Å². The lowest BCUT2D eigenvalue weighted by Gasteiger charge is -2.12. The molecule has 0 saturated carbocycles. The predicted octanol–water partition coefficient (Wildman–Crippen LogP) is 4.20. The van der Waals surface area contributed by atoms with Gasteiger partial charge in [-0.3, -0.25) is 14.9 Å².